The van der Waals surface area contributed by atoms with Gasteiger partial charge in [0.05, 0.1) is 34.4 Å². The summed E-state index contributed by atoms with van der Waals surface area (Å²) in [6, 6.07) is 3.98. The Morgan fingerprint density at radius 1 is 1.18 bits per heavy atom. The normalized spacial score (nSPS) is 10.6. The number of hydrogen-bond donors (Lipinski definition) is 3. The van der Waals surface area contributed by atoms with Gasteiger partial charge in [-0.05, 0) is 40.2 Å². The Kier molecular flexibility index (Phi) is 7.41. The number of anilines is 2. The number of rotatable bonds is 8. The summed E-state index contributed by atoms with van der Waals surface area (Å²) in [6.45, 7) is 0.347. The van der Waals surface area contributed by atoms with Crippen LogP contribution >= 0.6 is 15.9 Å². The molecule has 0 aliphatic heterocycles. The largest absolute Gasteiger partial charge is 0.478 e. The number of ether oxygens (including phenoxy) is 1. The topological polar surface area (TPSA) is 87.7 Å². The number of methoxy groups -OCH3 is 1. The Labute approximate surface area is 166 Å². The van der Waals surface area contributed by atoms with Gasteiger partial charge in [0.15, 0.2) is 5.82 Å². The second kappa shape index (κ2) is 9.56. The fraction of sp³-hybridized carbons (Fsp3) is 0.222. The molecule has 2 aromatic carbocycles. The molecule has 150 valence electrons. The highest BCUT2D eigenvalue weighted by Gasteiger charge is 2.20. The van der Waals surface area contributed by atoms with Gasteiger partial charge < -0.3 is 20.5 Å². The fourth-order valence-corrected chi connectivity index (χ4v) is 2.68. The van der Waals surface area contributed by atoms with Crippen LogP contribution in [-0.2, 0) is 16.0 Å². The lowest BCUT2D eigenvalue weighted by atomic mass is 10.1. The first kappa shape index (κ1) is 21.7. The van der Waals surface area contributed by atoms with E-state index in [-0.39, 0.29) is 34.6 Å². The number of aromatic carboxylic acids is 1. The van der Waals surface area contributed by atoms with E-state index in [0.717, 1.165) is 18.2 Å². The Hall–Kier alpha value is -2.59. The van der Waals surface area contributed by atoms with Crippen LogP contribution in [0.3, 0.4) is 0 Å². The molecule has 0 fully saturated rings. The van der Waals surface area contributed by atoms with Gasteiger partial charge in [0.1, 0.15) is 11.6 Å². The van der Waals surface area contributed by atoms with Crippen molar-refractivity contribution in [3.63, 3.8) is 0 Å². The molecule has 0 aromatic heterocycles. The first-order valence-corrected chi connectivity index (χ1v) is 8.75. The van der Waals surface area contributed by atoms with Gasteiger partial charge in [-0.1, -0.05) is 0 Å². The van der Waals surface area contributed by atoms with E-state index in [0.29, 0.717) is 0 Å². The number of carboxylic acid groups (broad SMARTS) is 1. The van der Waals surface area contributed by atoms with E-state index in [9.17, 15) is 22.8 Å². The molecule has 0 aliphatic carbocycles. The van der Waals surface area contributed by atoms with Crippen molar-refractivity contribution in [1.29, 1.82) is 0 Å². The molecule has 0 bridgehead atoms. The van der Waals surface area contributed by atoms with Crippen molar-refractivity contribution in [3.05, 3.63) is 57.3 Å². The van der Waals surface area contributed by atoms with E-state index in [2.05, 4.69) is 26.6 Å². The van der Waals surface area contributed by atoms with Crippen LogP contribution in [0.15, 0.2) is 28.7 Å². The summed E-state index contributed by atoms with van der Waals surface area (Å²) in [6.07, 6.45) is -0.504. The second-order valence-electron chi connectivity index (χ2n) is 5.66. The quantitative estimate of drug-likeness (QED) is 0.411. The van der Waals surface area contributed by atoms with Crippen LogP contribution < -0.4 is 10.6 Å². The Morgan fingerprint density at radius 3 is 2.54 bits per heavy atom. The van der Waals surface area contributed by atoms with Crippen LogP contribution in [0.5, 0.6) is 0 Å². The van der Waals surface area contributed by atoms with E-state index in [4.69, 9.17) is 9.84 Å². The summed E-state index contributed by atoms with van der Waals surface area (Å²) in [5.41, 5.74) is -1.05. The second-order valence-corrected chi connectivity index (χ2v) is 6.51. The maximum Gasteiger partial charge on any atom is 0.338 e. The highest BCUT2D eigenvalue weighted by atomic mass is 79.9. The zero-order valence-electron chi connectivity index (χ0n) is 14.6. The molecule has 10 heteroatoms. The fourth-order valence-electron chi connectivity index (χ4n) is 2.36. The molecule has 0 saturated carbocycles. The molecule has 0 radical (unpaired) electrons. The summed E-state index contributed by atoms with van der Waals surface area (Å²) in [5.74, 6) is -4.80. The number of hydrogen-bond acceptors (Lipinski definition) is 4. The molecular weight excluding hydrogens is 445 g/mol. The average Bonchev–Trinajstić information content (AvgIpc) is 2.61. The Bertz CT molecular complexity index is 909. The zero-order valence-corrected chi connectivity index (χ0v) is 16.2. The molecule has 6 nitrogen and oxygen atoms in total. The van der Waals surface area contributed by atoms with Crippen LogP contribution in [0.25, 0.3) is 0 Å². The van der Waals surface area contributed by atoms with Crippen molar-refractivity contribution in [2.24, 2.45) is 0 Å². The summed E-state index contributed by atoms with van der Waals surface area (Å²) >= 11 is 2.84. The number of benzene rings is 2. The van der Waals surface area contributed by atoms with Crippen molar-refractivity contribution in [3.8, 4) is 0 Å². The van der Waals surface area contributed by atoms with Gasteiger partial charge in [-0.25, -0.2) is 18.0 Å². The van der Waals surface area contributed by atoms with Gasteiger partial charge in [0.25, 0.3) is 0 Å². The van der Waals surface area contributed by atoms with Crippen LogP contribution in [0.1, 0.15) is 15.9 Å². The van der Waals surface area contributed by atoms with Crippen LogP contribution in [-0.4, -0.2) is 37.2 Å². The summed E-state index contributed by atoms with van der Waals surface area (Å²) < 4.78 is 46.7. The maximum absolute atomic E-state index is 14.5. The first-order valence-electron chi connectivity index (χ1n) is 7.96. The number of nitrogens with one attached hydrogen (secondary N) is 2. The summed E-state index contributed by atoms with van der Waals surface area (Å²) in [4.78, 5) is 23.4. The molecule has 0 heterocycles. The van der Waals surface area contributed by atoms with Crippen LogP contribution in [0.2, 0.25) is 0 Å². The molecule has 3 N–H and O–H groups in total. The van der Waals surface area contributed by atoms with Gasteiger partial charge in [-0.15, -0.1) is 0 Å². The van der Waals surface area contributed by atoms with Gasteiger partial charge >= 0.3 is 5.97 Å². The number of carbonyl (C=O) groups excluding carboxylic acids is 1. The third kappa shape index (κ3) is 5.23. The van der Waals surface area contributed by atoms with Crippen molar-refractivity contribution in [1.82, 2.24) is 0 Å². The van der Waals surface area contributed by atoms with Crippen molar-refractivity contribution in [2.45, 2.75) is 6.42 Å². The number of carboxylic acids is 1. The van der Waals surface area contributed by atoms with E-state index in [1.54, 1.807) is 0 Å². The highest BCUT2D eigenvalue weighted by molar-refractivity contribution is 9.10. The maximum atomic E-state index is 14.5. The van der Waals surface area contributed by atoms with Gasteiger partial charge in [0, 0.05) is 19.2 Å². The predicted molar refractivity (Wildman–Crippen MR) is 100 cm³/mol. The van der Waals surface area contributed by atoms with Gasteiger partial charge in [-0.3, -0.25) is 4.79 Å². The SMILES string of the molecule is COCCNc1c(NC(=O)Cc2cc(F)c(Br)cc2F)ccc(C(=O)O)c1F. The third-order valence-electron chi connectivity index (χ3n) is 3.69. The minimum atomic E-state index is -1.47. The van der Waals surface area contributed by atoms with Crippen molar-refractivity contribution < 1.29 is 32.6 Å². The van der Waals surface area contributed by atoms with E-state index < -0.39 is 41.3 Å². The van der Waals surface area contributed by atoms with Crippen LogP contribution in [0, 0.1) is 17.5 Å². The van der Waals surface area contributed by atoms with E-state index in [1.807, 2.05) is 0 Å². The molecule has 2 rings (SSSR count). The summed E-state index contributed by atoms with van der Waals surface area (Å²) in [5, 5.41) is 14.1. The number of amides is 1. The minimum absolute atomic E-state index is 0.0402. The smallest absolute Gasteiger partial charge is 0.338 e. The molecule has 0 atom stereocenters. The van der Waals surface area contributed by atoms with Gasteiger partial charge in [0.2, 0.25) is 5.91 Å². The predicted octanol–water partition coefficient (Wildman–Crippen LogP) is 3.80. The minimum Gasteiger partial charge on any atom is -0.478 e. The third-order valence-corrected chi connectivity index (χ3v) is 4.30. The van der Waals surface area contributed by atoms with E-state index in [1.165, 1.54) is 13.2 Å². The van der Waals surface area contributed by atoms with Crippen molar-refractivity contribution >= 4 is 39.2 Å². The van der Waals surface area contributed by atoms with Crippen LogP contribution in [0.4, 0.5) is 24.5 Å². The summed E-state index contributed by atoms with van der Waals surface area (Å²) in [7, 11) is 1.43. The molecule has 0 aliphatic rings. The molecule has 0 saturated heterocycles. The zero-order chi connectivity index (χ0) is 20.8. The monoisotopic (exact) mass is 460 g/mol. The number of halogens is 4. The molecule has 2 aromatic rings. The van der Waals surface area contributed by atoms with E-state index >= 15 is 0 Å². The van der Waals surface area contributed by atoms with Crippen molar-refractivity contribution in [2.75, 3.05) is 30.9 Å². The number of carbonyl (C=O) groups is 2. The lowest BCUT2D eigenvalue weighted by Crippen LogP contribution is -2.19. The molecule has 1 amide bonds. The molecular formula is C18H16BrF3N2O4. The average molecular weight is 461 g/mol. The standard InChI is InChI=1S/C18H16BrF3N2O4/c1-28-5-4-23-17-14(3-2-10(16(17)22)18(26)27)24-15(25)7-9-6-13(21)11(19)8-12(9)20/h2-3,6,8,23H,4-5,7H2,1H3,(H,24,25)(H,26,27). The lowest BCUT2D eigenvalue weighted by molar-refractivity contribution is -0.115. The molecule has 28 heavy (non-hydrogen) atoms. The molecule has 0 spiro atoms. The Balaban J connectivity index is 2.26. The Morgan fingerprint density at radius 2 is 1.89 bits per heavy atom. The molecule has 0 unspecified atom stereocenters. The lowest BCUT2D eigenvalue weighted by Gasteiger charge is -2.15. The first-order chi connectivity index (χ1) is 13.2. The highest BCUT2D eigenvalue weighted by Crippen LogP contribution is 2.28. The van der Waals surface area contributed by atoms with Gasteiger partial charge in [-0.2, -0.15) is 0 Å².